The third-order valence-electron chi connectivity index (χ3n) is 25.3. The Bertz CT molecular complexity index is 3640. The number of aryl methyl sites for hydroxylation is 1. The minimum Gasteiger partial charge on any atom is -0.400 e. The standard InChI is InChI=1S/C73H107BrN2O4.C22H32B2O4/c1-6-10-14-18-22-26-28-32-36-40-43-55(42-38-34-30-24-20-16-12-8-3)52-75-70(77)59-49-47-58-67-63(74)51-62-66-60(48-46-57(69(66)67)64-54(5)50-61(72(75)79)65(59)68(58)64)71(78)76(73(62)80)53-56(44-39-35-31-25-21-17-13-9-4)45-41-37-33-29-27-23-19-15-11-7-2;1-19(2)20(3,4)26-23(25-19)15-13-17-9-11-18(12-10-17)14-16-24-27-21(5,6)22(7,8)28-24/h46-51,55-56H,6-45,52-53H2,1-5H3;9-16H,1-8H3/b;15-13+,16-14+. The topological polar surface area (TPSA) is 112 Å². The molecule has 0 bridgehead atoms. The van der Waals surface area contributed by atoms with Crippen LogP contribution < -0.4 is 0 Å². The van der Waals surface area contributed by atoms with Gasteiger partial charge in [0.1, 0.15) is 0 Å². The van der Waals surface area contributed by atoms with Gasteiger partial charge in [-0.2, -0.15) is 0 Å². The summed E-state index contributed by atoms with van der Waals surface area (Å²) in [7, 11) is -0.652. The van der Waals surface area contributed by atoms with Crippen LogP contribution in [0.25, 0.3) is 55.2 Å². The molecule has 4 aliphatic heterocycles. The normalized spacial score (nSPS) is 17.2. The molecule has 2 saturated heterocycles. The number of rotatable bonds is 48. The molecule has 2 atom stereocenters. The van der Waals surface area contributed by atoms with Gasteiger partial charge in [-0.1, -0.05) is 335 Å². The van der Waals surface area contributed by atoms with E-state index in [1.807, 2.05) is 48.4 Å². The first kappa shape index (κ1) is 86.8. The van der Waals surface area contributed by atoms with Gasteiger partial charge in [0.2, 0.25) is 0 Å². The monoisotopic (exact) mass is 1540 g/mol. The van der Waals surface area contributed by atoms with Crippen LogP contribution in [0.3, 0.4) is 0 Å². The molecular weight excluding hydrogens is 1400 g/mol. The molecular formula is C95H139B2BrN2O8. The second-order valence-corrected chi connectivity index (χ2v) is 35.8. The Kier molecular flexibility index (Phi) is 33.8. The molecule has 108 heavy (non-hydrogen) atoms. The van der Waals surface area contributed by atoms with Gasteiger partial charge in [-0.05, 0) is 162 Å². The number of unbranched alkanes of at least 4 members (excludes halogenated alkanes) is 32. The number of benzene rings is 6. The van der Waals surface area contributed by atoms with E-state index in [0.717, 1.165) is 116 Å². The Morgan fingerprint density at radius 2 is 0.611 bits per heavy atom. The molecule has 0 N–H and O–H groups in total. The maximum Gasteiger partial charge on any atom is 0.487 e. The van der Waals surface area contributed by atoms with Crippen LogP contribution in [0.1, 0.15) is 398 Å². The van der Waals surface area contributed by atoms with E-state index in [-0.39, 0.29) is 72.1 Å². The van der Waals surface area contributed by atoms with E-state index in [1.54, 1.807) is 9.80 Å². The molecule has 4 heterocycles. The Morgan fingerprint density at radius 3 is 0.926 bits per heavy atom. The average molecular weight is 1540 g/mol. The third-order valence-corrected chi connectivity index (χ3v) is 25.9. The van der Waals surface area contributed by atoms with Crippen molar-refractivity contribution in [2.75, 3.05) is 13.1 Å². The van der Waals surface area contributed by atoms with Crippen molar-refractivity contribution in [3.8, 4) is 0 Å². The Balaban J connectivity index is 0.000000400. The van der Waals surface area contributed by atoms with Gasteiger partial charge in [0.05, 0.1) is 22.4 Å². The van der Waals surface area contributed by atoms with Crippen molar-refractivity contribution in [1.82, 2.24) is 9.80 Å². The molecule has 0 aliphatic carbocycles. The smallest absolute Gasteiger partial charge is 0.400 e. The summed E-state index contributed by atoms with van der Waals surface area (Å²) in [6.45, 7) is 28.6. The van der Waals surface area contributed by atoms with Crippen LogP contribution in [0.15, 0.2) is 77.1 Å². The number of nitrogens with zero attached hydrogens (tertiary/aromatic N) is 2. The SMILES string of the molecule is CC1(C)OB(/C=C/c2ccc(/C=C/B3OC(C)(C)C(C)(C)O3)cc2)OC1(C)C.CCCCCCCCCCCCC(CCCCCCCCCC)CN1C(=O)c2ccc3c4c(Br)cc5c6c(ccc(c7c(C)cc(c2c37)C1=O)c64)C(=O)N(CC(CCCCCCCCCC)CCCCCCCCCCCC)C5=O. The highest BCUT2D eigenvalue weighted by atomic mass is 79.9. The van der Waals surface area contributed by atoms with E-state index < -0.39 is 0 Å². The number of hydrogen-bond acceptors (Lipinski definition) is 8. The van der Waals surface area contributed by atoms with E-state index in [4.69, 9.17) is 18.6 Å². The number of hydrogen-bond donors (Lipinski definition) is 0. The predicted octanol–water partition coefficient (Wildman–Crippen LogP) is 27.9. The lowest BCUT2D eigenvalue weighted by Gasteiger charge is -2.33. The molecule has 10 rings (SSSR count). The number of imide groups is 2. The molecule has 2 fully saturated rings. The predicted molar refractivity (Wildman–Crippen MR) is 462 cm³/mol. The summed E-state index contributed by atoms with van der Waals surface area (Å²) >= 11 is 4.00. The zero-order chi connectivity index (χ0) is 77.4. The van der Waals surface area contributed by atoms with Crippen molar-refractivity contribution >= 4 is 109 Å². The molecule has 4 amide bonds. The first-order chi connectivity index (χ1) is 52.0. The Morgan fingerprint density at radius 1 is 0.343 bits per heavy atom. The molecule has 6 aromatic carbocycles. The van der Waals surface area contributed by atoms with E-state index >= 15 is 0 Å². The summed E-state index contributed by atoms with van der Waals surface area (Å²) in [5.41, 5.74) is 4.26. The summed E-state index contributed by atoms with van der Waals surface area (Å²) < 4.78 is 24.8. The van der Waals surface area contributed by atoms with Gasteiger partial charge >= 0.3 is 14.2 Å². The van der Waals surface area contributed by atoms with Crippen molar-refractivity contribution in [3.05, 3.63) is 116 Å². The first-order valence-corrected chi connectivity index (χ1v) is 44.6. The van der Waals surface area contributed by atoms with Gasteiger partial charge in [0.15, 0.2) is 0 Å². The Labute approximate surface area is 662 Å². The molecule has 2 unspecified atom stereocenters. The van der Waals surface area contributed by atoms with Crippen LogP contribution >= 0.6 is 15.9 Å². The maximum atomic E-state index is 15.0. The van der Waals surface area contributed by atoms with Gasteiger partial charge in [-0.15, -0.1) is 0 Å². The van der Waals surface area contributed by atoms with Crippen molar-refractivity contribution in [1.29, 1.82) is 0 Å². The fraction of sp³-hybridized carbons (Fsp3) is 0.642. The first-order valence-electron chi connectivity index (χ1n) is 43.8. The van der Waals surface area contributed by atoms with Crippen molar-refractivity contribution in [3.63, 3.8) is 0 Å². The summed E-state index contributed by atoms with van der Waals surface area (Å²) in [5, 5.41) is 7.06. The van der Waals surface area contributed by atoms with Gasteiger partial charge in [0, 0.05) is 61.4 Å². The fourth-order valence-corrected chi connectivity index (χ4v) is 17.9. The lowest BCUT2D eigenvalue weighted by molar-refractivity contribution is 0.00578. The average Bonchev–Trinajstić information content (AvgIpc) is 0.874. The summed E-state index contributed by atoms with van der Waals surface area (Å²) in [6, 6.07) is 20.3. The minimum atomic E-state index is -0.326. The maximum absolute atomic E-state index is 15.0. The minimum absolute atomic E-state index is 0.182. The highest BCUT2D eigenvalue weighted by Crippen LogP contribution is 2.50. The van der Waals surface area contributed by atoms with Crippen LogP contribution in [0, 0.1) is 18.8 Å². The van der Waals surface area contributed by atoms with Crippen LogP contribution in [0.5, 0.6) is 0 Å². The highest BCUT2D eigenvalue weighted by molar-refractivity contribution is 9.10. The second kappa shape index (κ2) is 42.1. The van der Waals surface area contributed by atoms with Crippen LogP contribution in [-0.2, 0) is 18.6 Å². The third kappa shape index (κ3) is 22.6. The molecule has 13 heteroatoms. The van der Waals surface area contributed by atoms with Crippen molar-refractivity contribution < 1.29 is 37.8 Å². The van der Waals surface area contributed by atoms with E-state index in [9.17, 15) is 19.2 Å². The van der Waals surface area contributed by atoms with Crippen molar-refractivity contribution in [2.24, 2.45) is 11.8 Å². The summed E-state index contributed by atoms with van der Waals surface area (Å²) in [4.78, 5) is 63.0. The molecule has 0 spiro atoms. The number of carbonyl (C=O) groups is 4. The van der Waals surface area contributed by atoms with E-state index in [2.05, 4.69) is 142 Å². The molecule has 0 aromatic heterocycles. The zero-order valence-electron chi connectivity index (χ0n) is 69.6. The molecule has 0 saturated carbocycles. The van der Waals surface area contributed by atoms with Crippen LogP contribution in [-0.4, -0.2) is 83.2 Å². The largest absolute Gasteiger partial charge is 0.487 e. The Hall–Kier alpha value is -5.17. The van der Waals surface area contributed by atoms with Gasteiger partial charge < -0.3 is 18.6 Å². The number of carbonyl (C=O) groups excluding carboxylic acids is 4. The molecule has 4 aliphatic rings. The second-order valence-electron chi connectivity index (χ2n) is 35.0. The quantitative estimate of drug-likeness (QED) is 0.0122. The van der Waals surface area contributed by atoms with Crippen molar-refractivity contribution in [2.45, 2.75) is 369 Å². The van der Waals surface area contributed by atoms with Gasteiger partial charge in [0.25, 0.3) is 23.6 Å². The van der Waals surface area contributed by atoms with Crippen LogP contribution in [0.2, 0.25) is 0 Å². The zero-order valence-corrected chi connectivity index (χ0v) is 71.2. The molecule has 0 radical (unpaired) electrons. The molecule has 6 aromatic rings. The lowest BCUT2D eigenvalue weighted by atomic mass is 9.80. The highest BCUT2D eigenvalue weighted by Gasteiger charge is 2.51. The van der Waals surface area contributed by atoms with E-state index in [0.29, 0.717) is 35.3 Å². The number of amides is 4. The molecule has 590 valence electrons. The number of fused-ring (bicyclic) bond motifs is 2. The van der Waals surface area contributed by atoms with Gasteiger partial charge in [-0.25, -0.2) is 0 Å². The number of halogens is 1. The van der Waals surface area contributed by atoms with Gasteiger partial charge in [-0.3, -0.25) is 29.0 Å². The molecule has 10 nitrogen and oxygen atoms in total. The lowest BCUT2D eigenvalue weighted by Crippen LogP contribution is -2.43. The fourth-order valence-electron chi connectivity index (χ4n) is 17.2. The van der Waals surface area contributed by atoms with E-state index in [1.165, 1.54) is 205 Å². The summed E-state index contributed by atoms with van der Waals surface area (Å²) in [5.74, 6) is 3.72. The van der Waals surface area contributed by atoms with Crippen LogP contribution in [0.4, 0.5) is 0 Å². The summed E-state index contributed by atoms with van der Waals surface area (Å²) in [6.07, 6.45) is 54.4.